The molecule has 5 heteroatoms. The summed E-state index contributed by atoms with van der Waals surface area (Å²) in [6, 6.07) is 7.72. The molecule has 1 atom stereocenters. The van der Waals surface area contributed by atoms with Gasteiger partial charge in [-0.2, -0.15) is 0 Å². The van der Waals surface area contributed by atoms with Crippen molar-refractivity contribution < 1.29 is 5.11 Å². The smallest absolute Gasteiger partial charge is 0.221 e. The number of para-hydroxylation sites is 1. The first kappa shape index (κ1) is 11.2. The predicted octanol–water partition coefficient (Wildman–Crippen LogP) is 1.68. The largest absolute Gasteiger partial charge is 0.395 e. The first-order valence-electron chi connectivity index (χ1n) is 5.00. The highest BCUT2D eigenvalue weighted by atomic mass is 32.2. The molecule has 4 nitrogen and oxygen atoms in total. The zero-order valence-electron chi connectivity index (χ0n) is 8.92. The van der Waals surface area contributed by atoms with E-state index in [1.54, 1.807) is 0 Å². The number of nitrogens with two attached hydrogens (primary N) is 1. The third-order valence-electron chi connectivity index (χ3n) is 2.16. The molecule has 1 heterocycles. The van der Waals surface area contributed by atoms with Crippen LogP contribution in [0.2, 0.25) is 0 Å². The number of anilines is 1. The number of fused-ring (bicyclic) bond motifs is 1. The van der Waals surface area contributed by atoms with Crippen LogP contribution in [0.5, 0.6) is 0 Å². The Balaban J connectivity index is 2.50. The standard InChI is InChI=1S/C11H13N3OS/c1-7(6-15)16-10-8-4-2-3-5-9(8)13-11(12)14-10/h2-5,7,15H,6H2,1H3,(H2,12,13,14). The Morgan fingerprint density at radius 2 is 2.12 bits per heavy atom. The highest BCUT2D eigenvalue weighted by Gasteiger charge is 2.09. The van der Waals surface area contributed by atoms with Crippen LogP contribution >= 0.6 is 11.8 Å². The average molecular weight is 235 g/mol. The van der Waals surface area contributed by atoms with Gasteiger partial charge in [0, 0.05) is 10.6 Å². The topological polar surface area (TPSA) is 72.0 Å². The minimum Gasteiger partial charge on any atom is -0.395 e. The average Bonchev–Trinajstić information content (AvgIpc) is 2.28. The fraction of sp³-hybridized carbons (Fsp3) is 0.273. The Bertz CT molecular complexity index is 504. The Morgan fingerprint density at radius 3 is 2.88 bits per heavy atom. The van der Waals surface area contributed by atoms with Crippen molar-refractivity contribution in [2.24, 2.45) is 0 Å². The van der Waals surface area contributed by atoms with Gasteiger partial charge >= 0.3 is 0 Å². The van der Waals surface area contributed by atoms with Crippen LogP contribution in [0.15, 0.2) is 29.3 Å². The van der Waals surface area contributed by atoms with E-state index < -0.39 is 0 Å². The zero-order chi connectivity index (χ0) is 11.5. The Hall–Kier alpha value is -1.33. The fourth-order valence-electron chi connectivity index (χ4n) is 1.38. The molecular formula is C11H13N3OS. The molecule has 1 aromatic carbocycles. The molecule has 0 saturated carbocycles. The van der Waals surface area contributed by atoms with E-state index in [-0.39, 0.29) is 17.8 Å². The molecule has 2 rings (SSSR count). The lowest BCUT2D eigenvalue weighted by atomic mass is 10.2. The number of benzene rings is 1. The molecule has 0 amide bonds. The molecule has 0 spiro atoms. The van der Waals surface area contributed by atoms with Crippen molar-refractivity contribution in [3.8, 4) is 0 Å². The van der Waals surface area contributed by atoms with E-state index in [2.05, 4.69) is 9.97 Å². The number of aliphatic hydroxyl groups excluding tert-OH is 1. The first-order chi connectivity index (χ1) is 7.70. The molecule has 0 aliphatic heterocycles. The maximum atomic E-state index is 9.04. The lowest BCUT2D eigenvalue weighted by Gasteiger charge is -2.09. The van der Waals surface area contributed by atoms with Gasteiger partial charge in [-0.05, 0) is 6.07 Å². The molecule has 3 N–H and O–H groups in total. The Labute approximate surface area is 97.9 Å². The molecule has 1 unspecified atom stereocenters. The third-order valence-corrected chi connectivity index (χ3v) is 3.24. The Morgan fingerprint density at radius 1 is 1.38 bits per heavy atom. The normalized spacial score (nSPS) is 12.9. The summed E-state index contributed by atoms with van der Waals surface area (Å²) in [5, 5.41) is 10.9. The van der Waals surface area contributed by atoms with Gasteiger partial charge in [-0.25, -0.2) is 9.97 Å². The minimum atomic E-state index is 0.0951. The molecule has 0 radical (unpaired) electrons. The van der Waals surface area contributed by atoms with Crippen LogP contribution in [0.25, 0.3) is 10.9 Å². The number of hydrogen-bond acceptors (Lipinski definition) is 5. The van der Waals surface area contributed by atoms with Gasteiger partial charge in [0.25, 0.3) is 0 Å². The quantitative estimate of drug-likeness (QED) is 0.625. The zero-order valence-corrected chi connectivity index (χ0v) is 9.74. The Kier molecular flexibility index (Phi) is 3.26. The maximum absolute atomic E-state index is 9.04. The second-order valence-corrected chi connectivity index (χ2v) is 4.94. The lowest BCUT2D eigenvalue weighted by molar-refractivity contribution is 0.300. The highest BCUT2D eigenvalue weighted by molar-refractivity contribution is 8.00. The molecule has 0 aliphatic carbocycles. The van der Waals surface area contributed by atoms with Gasteiger partial charge in [0.05, 0.1) is 12.1 Å². The van der Waals surface area contributed by atoms with Gasteiger partial charge < -0.3 is 10.8 Å². The van der Waals surface area contributed by atoms with E-state index in [9.17, 15) is 0 Å². The fourth-order valence-corrected chi connectivity index (χ4v) is 2.28. The predicted molar refractivity (Wildman–Crippen MR) is 66.4 cm³/mol. The van der Waals surface area contributed by atoms with E-state index in [0.717, 1.165) is 15.9 Å². The summed E-state index contributed by atoms with van der Waals surface area (Å²) in [5.41, 5.74) is 6.48. The summed E-state index contributed by atoms with van der Waals surface area (Å²) in [6.45, 7) is 2.06. The van der Waals surface area contributed by atoms with Crippen molar-refractivity contribution in [1.82, 2.24) is 9.97 Å². The molecule has 2 aromatic rings. The van der Waals surface area contributed by atoms with E-state index in [1.807, 2.05) is 31.2 Å². The number of aliphatic hydroxyl groups is 1. The monoisotopic (exact) mass is 235 g/mol. The summed E-state index contributed by atoms with van der Waals surface area (Å²) in [6.07, 6.45) is 0. The van der Waals surface area contributed by atoms with Gasteiger partial charge in [0.15, 0.2) is 0 Å². The van der Waals surface area contributed by atoms with Gasteiger partial charge in [-0.1, -0.05) is 25.1 Å². The highest BCUT2D eigenvalue weighted by Crippen LogP contribution is 2.28. The maximum Gasteiger partial charge on any atom is 0.221 e. The van der Waals surface area contributed by atoms with Crippen molar-refractivity contribution >= 4 is 28.6 Å². The second-order valence-electron chi connectivity index (χ2n) is 3.52. The summed E-state index contributed by atoms with van der Waals surface area (Å²) in [7, 11) is 0. The third kappa shape index (κ3) is 2.25. The summed E-state index contributed by atoms with van der Waals surface area (Å²) in [5.74, 6) is 0.270. The van der Waals surface area contributed by atoms with Gasteiger partial charge in [0.1, 0.15) is 5.03 Å². The molecule has 0 fully saturated rings. The summed E-state index contributed by atoms with van der Waals surface area (Å²) < 4.78 is 0. The number of nitrogens with zero attached hydrogens (tertiary/aromatic N) is 2. The van der Waals surface area contributed by atoms with Crippen molar-refractivity contribution in [3.63, 3.8) is 0 Å². The minimum absolute atomic E-state index is 0.0951. The van der Waals surface area contributed by atoms with Crippen LogP contribution in [0.3, 0.4) is 0 Å². The van der Waals surface area contributed by atoms with Crippen LogP contribution in [-0.4, -0.2) is 26.9 Å². The van der Waals surface area contributed by atoms with Crippen LogP contribution in [0, 0.1) is 0 Å². The van der Waals surface area contributed by atoms with Crippen molar-refractivity contribution in [1.29, 1.82) is 0 Å². The summed E-state index contributed by atoms with van der Waals surface area (Å²) >= 11 is 1.51. The molecular weight excluding hydrogens is 222 g/mol. The second kappa shape index (κ2) is 4.67. The lowest BCUT2D eigenvalue weighted by Crippen LogP contribution is -2.04. The molecule has 16 heavy (non-hydrogen) atoms. The van der Waals surface area contributed by atoms with E-state index in [4.69, 9.17) is 10.8 Å². The summed E-state index contributed by atoms with van der Waals surface area (Å²) in [4.78, 5) is 8.37. The number of aromatic nitrogens is 2. The SMILES string of the molecule is CC(CO)Sc1nc(N)nc2ccccc12. The van der Waals surface area contributed by atoms with Gasteiger partial charge in [-0.3, -0.25) is 0 Å². The molecule has 1 aromatic heterocycles. The number of rotatable bonds is 3. The van der Waals surface area contributed by atoms with Crippen molar-refractivity contribution in [2.75, 3.05) is 12.3 Å². The van der Waals surface area contributed by atoms with Crippen LogP contribution in [0.4, 0.5) is 5.95 Å². The van der Waals surface area contributed by atoms with Crippen LogP contribution in [0.1, 0.15) is 6.92 Å². The number of thioether (sulfide) groups is 1. The van der Waals surface area contributed by atoms with Gasteiger partial charge in [-0.15, -0.1) is 11.8 Å². The molecule has 0 bridgehead atoms. The number of hydrogen-bond donors (Lipinski definition) is 2. The molecule has 0 aliphatic rings. The van der Waals surface area contributed by atoms with Crippen molar-refractivity contribution in [2.45, 2.75) is 17.2 Å². The van der Waals surface area contributed by atoms with E-state index in [0.29, 0.717) is 0 Å². The molecule has 0 saturated heterocycles. The van der Waals surface area contributed by atoms with Gasteiger partial charge in [0.2, 0.25) is 5.95 Å². The first-order valence-corrected chi connectivity index (χ1v) is 5.88. The van der Waals surface area contributed by atoms with Crippen LogP contribution < -0.4 is 5.73 Å². The van der Waals surface area contributed by atoms with E-state index >= 15 is 0 Å². The van der Waals surface area contributed by atoms with E-state index in [1.165, 1.54) is 11.8 Å². The molecule has 84 valence electrons. The van der Waals surface area contributed by atoms with Crippen LogP contribution in [-0.2, 0) is 0 Å². The van der Waals surface area contributed by atoms with Crippen molar-refractivity contribution in [3.05, 3.63) is 24.3 Å². The number of nitrogen functional groups attached to an aromatic ring is 1.